The van der Waals surface area contributed by atoms with E-state index in [1.807, 2.05) is 22.9 Å². The lowest BCUT2D eigenvalue weighted by Crippen LogP contribution is -1.93. The minimum Gasteiger partial charge on any atom is -0.307 e. The number of nitrogens with zero attached hydrogens (tertiary/aromatic N) is 3. The topological polar surface area (TPSA) is 60.4 Å². The molecule has 0 radical (unpaired) electrons. The molecule has 0 saturated heterocycles. The van der Waals surface area contributed by atoms with Crippen LogP contribution in [0.5, 0.6) is 0 Å². The molecule has 0 aromatic carbocycles. The number of imidazole rings is 1. The van der Waals surface area contributed by atoms with Crippen molar-refractivity contribution in [2.75, 3.05) is 0 Å². The summed E-state index contributed by atoms with van der Waals surface area (Å²) in [7, 11) is 0. The fourth-order valence-corrected chi connectivity index (χ4v) is 1.31. The Hall–Kier alpha value is -2.17. The summed E-state index contributed by atoms with van der Waals surface area (Å²) >= 11 is 0. The third kappa shape index (κ3) is 1.85. The Balaban J connectivity index is 2.44. The monoisotopic (exact) mass is 203 g/mol. The van der Waals surface area contributed by atoms with E-state index in [1.165, 1.54) is 13.0 Å². The molecule has 76 valence electrons. The predicted molar refractivity (Wildman–Crippen MR) is 55.8 cm³/mol. The largest absolute Gasteiger partial charge is 0.307 e. The summed E-state index contributed by atoms with van der Waals surface area (Å²) in [5.74, 6) is 0. The molecule has 0 aliphatic heterocycles. The van der Waals surface area contributed by atoms with E-state index in [4.69, 9.17) is 0 Å². The van der Waals surface area contributed by atoms with Crippen molar-refractivity contribution in [3.63, 3.8) is 0 Å². The molecule has 0 unspecified atom stereocenters. The SMILES string of the molecule is C/C(=C\c1ccn2ccnc2c1)[N+](=O)[O-]. The number of nitro groups is 1. The molecular formula is C10H9N3O2. The van der Waals surface area contributed by atoms with E-state index < -0.39 is 4.92 Å². The van der Waals surface area contributed by atoms with E-state index in [-0.39, 0.29) is 5.70 Å². The zero-order chi connectivity index (χ0) is 10.8. The highest BCUT2D eigenvalue weighted by Crippen LogP contribution is 2.09. The quantitative estimate of drug-likeness (QED) is 0.553. The van der Waals surface area contributed by atoms with E-state index in [0.717, 1.165) is 11.2 Å². The first-order chi connectivity index (χ1) is 7.16. The summed E-state index contributed by atoms with van der Waals surface area (Å²) in [4.78, 5) is 14.1. The molecule has 2 heterocycles. The normalized spacial score (nSPS) is 11.9. The van der Waals surface area contributed by atoms with Crippen molar-refractivity contribution in [3.05, 3.63) is 52.1 Å². The minimum absolute atomic E-state index is 0.117. The highest BCUT2D eigenvalue weighted by molar-refractivity contribution is 5.56. The van der Waals surface area contributed by atoms with Crippen LogP contribution in [-0.4, -0.2) is 14.3 Å². The van der Waals surface area contributed by atoms with Gasteiger partial charge in [0.05, 0.1) is 4.92 Å². The molecule has 0 fully saturated rings. The lowest BCUT2D eigenvalue weighted by Gasteiger charge is -1.95. The van der Waals surface area contributed by atoms with E-state index in [1.54, 1.807) is 12.3 Å². The summed E-state index contributed by atoms with van der Waals surface area (Å²) in [6.45, 7) is 1.47. The van der Waals surface area contributed by atoms with Gasteiger partial charge >= 0.3 is 0 Å². The third-order valence-corrected chi connectivity index (χ3v) is 2.09. The van der Waals surface area contributed by atoms with Crippen LogP contribution >= 0.6 is 0 Å². The average molecular weight is 203 g/mol. The molecule has 5 heteroatoms. The standard InChI is InChI=1S/C10H9N3O2/c1-8(13(14)15)6-9-2-4-12-5-3-11-10(12)7-9/h2-7H,1H3/b8-6+. The van der Waals surface area contributed by atoms with Crippen LogP contribution in [0.4, 0.5) is 0 Å². The van der Waals surface area contributed by atoms with Crippen molar-refractivity contribution in [2.45, 2.75) is 6.92 Å². The first-order valence-electron chi connectivity index (χ1n) is 4.42. The van der Waals surface area contributed by atoms with Gasteiger partial charge in [0.2, 0.25) is 5.70 Å². The number of fused-ring (bicyclic) bond motifs is 1. The van der Waals surface area contributed by atoms with Gasteiger partial charge in [-0.3, -0.25) is 10.1 Å². The number of aromatic nitrogens is 2. The number of pyridine rings is 1. The second-order valence-corrected chi connectivity index (χ2v) is 3.20. The van der Waals surface area contributed by atoms with E-state index >= 15 is 0 Å². The van der Waals surface area contributed by atoms with Gasteiger partial charge in [-0.25, -0.2) is 4.98 Å². The molecule has 0 aliphatic carbocycles. The lowest BCUT2D eigenvalue weighted by molar-refractivity contribution is -0.422. The zero-order valence-electron chi connectivity index (χ0n) is 8.12. The van der Waals surface area contributed by atoms with Crippen LogP contribution in [0.3, 0.4) is 0 Å². The molecule has 0 amide bonds. The Bertz CT molecular complexity index is 542. The summed E-state index contributed by atoms with van der Waals surface area (Å²) < 4.78 is 1.85. The molecule has 0 bridgehead atoms. The smallest absolute Gasteiger partial charge is 0.243 e. The zero-order valence-corrected chi connectivity index (χ0v) is 8.12. The predicted octanol–water partition coefficient (Wildman–Crippen LogP) is 1.97. The maximum atomic E-state index is 10.4. The number of allylic oxidation sites excluding steroid dienone is 1. The molecular weight excluding hydrogens is 194 g/mol. The van der Waals surface area contributed by atoms with Gasteiger partial charge in [0, 0.05) is 31.6 Å². The van der Waals surface area contributed by atoms with Gasteiger partial charge in [0.25, 0.3) is 0 Å². The Morgan fingerprint density at radius 3 is 3.13 bits per heavy atom. The summed E-state index contributed by atoms with van der Waals surface area (Å²) in [5.41, 5.74) is 1.67. The highest BCUT2D eigenvalue weighted by Gasteiger charge is 2.02. The number of hydrogen-bond acceptors (Lipinski definition) is 3. The van der Waals surface area contributed by atoms with Crippen molar-refractivity contribution >= 4 is 11.7 Å². The van der Waals surface area contributed by atoms with Gasteiger partial charge in [-0.15, -0.1) is 0 Å². The number of rotatable bonds is 2. The molecule has 0 atom stereocenters. The van der Waals surface area contributed by atoms with Gasteiger partial charge in [-0.05, 0) is 17.7 Å². The first kappa shape index (κ1) is 9.39. The van der Waals surface area contributed by atoms with Crippen LogP contribution in [0.1, 0.15) is 12.5 Å². The second-order valence-electron chi connectivity index (χ2n) is 3.20. The fourth-order valence-electron chi connectivity index (χ4n) is 1.31. The molecule has 5 nitrogen and oxygen atoms in total. The van der Waals surface area contributed by atoms with Crippen molar-refractivity contribution in [1.82, 2.24) is 9.38 Å². The Labute approximate surface area is 85.8 Å². The molecule has 15 heavy (non-hydrogen) atoms. The van der Waals surface area contributed by atoms with Crippen molar-refractivity contribution < 1.29 is 4.92 Å². The second kappa shape index (κ2) is 3.53. The van der Waals surface area contributed by atoms with E-state index in [9.17, 15) is 10.1 Å². The van der Waals surface area contributed by atoms with Crippen LogP contribution in [0.2, 0.25) is 0 Å². The van der Waals surface area contributed by atoms with E-state index in [0.29, 0.717) is 0 Å². The summed E-state index contributed by atoms with van der Waals surface area (Å²) in [6, 6.07) is 3.61. The van der Waals surface area contributed by atoms with Crippen LogP contribution in [0.15, 0.2) is 36.4 Å². The third-order valence-electron chi connectivity index (χ3n) is 2.09. The molecule has 2 aromatic heterocycles. The first-order valence-corrected chi connectivity index (χ1v) is 4.42. The van der Waals surface area contributed by atoms with Gasteiger partial charge in [0.1, 0.15) is 5.65 Å². The maximum absolute atomic E-state index is 10.4. The molecule has 0 saturated carbocycles. The molecule has 0 N–H and O–H groups in total. The summed E-state index contributed by atoms with van der Waals surface area (Å²) in [6.07, 6.45) is 6.85. The molecule has 2 rings (SSSR count). The van der Waals surface area contributed by atoms with Crippen LogP contribution in [-0.2, 0) is 0 Å². The molecule has 0 aliphatic rings. The van der Waals surface area contributed by atoms with Gasteiger partial charge in [-0.1, -0.05) is 0 Å². The van der Waals surface area contributed by atoms with Crippen LogP contribution in [0, 0.1) is 10.1 Å². The number of hydrogen-bond donors (Lipinski definition) is 0. The van der Waals surface area contributed by atoms with Crippen LogP contribution in [0.25, 0.3) is 11.7 Å². The highest BCUT2D eigenvalue weighted by atomic mass is 16.6. The molecule has 0 spiro atoms. The van der Waals surface area contributed by atoms with Crippen molar-refractivity contribution in [2.24, 2.45) is 0 Å². The van der Waals surface area contributed by atoms with Gasteiger partial charge in [0.15, 0.2) is 0 Å². The Morgan fingerprint density at radius 1 is 1.60 bits per heavy atom. The molecule has 2 aromatic rings. The Kier molecular flexibility index (Phi) is 2.21. The van der Waals surface area contributed by atoms with Gasteiger partial charge in [-0.2, -0.15) is 0 Å². The lowest BCUT2D eigenvalue weighted by atomic mass is 10.2. The minimum atomic E-state index is -0.407. The Morgan fingerprint density at radius 2 is 2.40 bits per heavy atom. The fraction of sp³-hybridized carbons (Fsp3) is 0.100. The van der Waals surface area contributed by atoms with Crippen molar-refractivity contribution in [1.29, 1.82) is 0 Å². The average Bonchev–Trinajstić information content (AvgIpc) is 2.64. The van der Waals surface area contributed by atoms with Crippen LogP contribution < -0.4 is 0 Å². The maximum Gasteiger partial charge on any atom is 0.243 e. The van der Waals surface area contributed by atoms with Gasteiger partial charge < -0.3 is 4.40 Å². The van der Waals surface area contributed by atoms with E-state index in [2.05, 4.69) is 4.98 Å². The van der Waals surface area contributed by atoms with Crippen molar-refractivity contribution in [3.8, 4) is 0 Å². The summed E-state index contributed by atoms with van der Waals surface area (Å²) in [5, 5.41) is 10.4.